The third-order valence-electron chi connectivity index (χ3n) is 4.36. The highest BCUT2D eigenvalue weighted by atomic mass is 19.4. The lowest BCUT2D eigenvalue weighted by Crippen LogP contribution is -2.18. The molecule has 0 saturated heterocycles. The topological polar surface area (TPSA) is 99.0 Å². The summed E-state index contributed by atoms with van der Waals surface area (Å²) in [7, 11) is 0. The van der Waals surface area contributed by atoms with Crippen LogP contribution in [0, 0.1) is 11.6 Å². The lowest BCUT2D eigenvalue weighted by molar-refractivity contribution is -0.145. The van der Waals surface area contributed by atoms with Gasteiger partial charge in [0.25, 0.3) is 12.4 Å². The van der Waals surface area contributed by atoms with Gasteiger partial charge in [-0.25, -0.2) is 23.7 Å². The third kappa shape index (κ3) is 4.20. The van der Waals surface area contributed by atoms with Crippen LogP contribution in [0.25, 0.3) is 16.9 Å². The van der Waals surface area contributed by atoms with E-state index in [1.54, 1.807) is 0 Å². The molecular weight excluding hydrogens is 453 g/mol. The van der Waals surface area contributed by atoms with Crippen LogP contribution in [0.2, 0.25) is 0 Å². The highest BCUT2D eigenvalue weighted by molar-refractivity contribution is 6.04. The second-order valence-electron chi connectivity index (χ2n) is 6.44. The third-order valence-corrected chi connectivity index (χ3v) is 4.36. The van der Waals surface area contributed by atoms with Crippen LogP contribution in [-0.2, 0) is 11.0 Å². The zero-order chi connectivity index (χ0) is 23.8. The largest absolute Gasteiger partial charge is 0.450 e. The Labute approximate surface area is 180 Å². The fraction of sp³-hybridized carbons (Fsp3) is 0.0500. The molecule has 1 amide bonds. The summed E-state index contributed by atoms with van der Waals surface area (Å²) in [5.74, 6) is -5.25. The van der Waals surface area contributed by atoms with E-state index in [0.29, 0.717) is 4.57 Å². The Morgan fingerprint density at radius 3 is 2.39 bits per heavy atom. The molecule has 0 saturated carbocycles. The quantitative estimate of drug-likeness (QED) is 0.356. The van der Waals surface area contributed by atoms with E-state index in [9.17, 15) is 31.5 Å². The van der Waals surface area contributed by atoms with Crippen LogP contribution in [0.5, 0.6) is 5.75 Å². The van der Waals surface area contributed by atoms with Gasteiger partial charge in [0.1, 0.15) is 22.9 Å². The average molecular weight is 463 g/mol. The summed E-state index contributed by atoms with van der Waals surface area (Å²) in [6.45, 7) is 0.120. The zero-order valence-corrected chi connectivity index (χ0v) is 16.1. The molecule has 0 unspecified atom stereocenters. The molecule has 2 aromatic carbocycles. The minimum Gasteiger partial charge on any atom is -0.429 e. The summed E-state index contributed by atoms with van der Waals surface area (Å²) in [6.07, 6.45) is -3.04. The molecule has 0 radical (unpaired) electrons. The summed E-state index contributed by atoms with van der Waals surface area (Å²) in [4.78, 5) is 33.9. The Kier molecular flexibility index (Phi) is 5.45. The van der Waals surface area contributed by atoms with Crippen LogP contribution in [0.15, 0.2) is 48.8 Å². The number of aromatic nitrogens is 4. The molecule has 0 bridgehead atoms. The van der Waals surface area contributed by atoms with E-state index >= 15 is 0 Å². The van der Waals surface area contributed by atoms with E-state index in [2.05, 4.69) is 25.0 Å². The minimum absolute atomic E-state index is 0.0135. The Morgan fingerprint density at radius 2 is 1.79 bits per heavy atom. The highest BCUT2D eigenvalue weighted by Gasteiger charge is 2.38. The molecule has 8 nitrogen and oxygen atoms in total. The van der Waals surface area contributed by atoms with Crippen molar-refractivity contribution in [1.82, 2.24) is 19.5 Å². The number of hydrogen-bond donors (Lipinski definition) is 1. The molecule has 13 heteroatoms. The molecule has 0 spiro atoms. The Hall–Kier alpha value is -4.42. The molecule has 1 N–H and O–H groups in total. The van der Waals surface area contributed by atoms with Gasteiger partial charge in [-0.05, 0) is 24.3 Å². The molecule has 4 rings (SSSR count). The van der Waals surface area contributed by atoms with Gasteiger partial charge in [-0.2, -0.15) is 13.2 Å². The highest BCUT2D eigenvalue weighted by Crippen LogP contribution is 2.34. The average Bonchev–Trinajstić information content (AvgIpc) is 3.14. The molecule has 33 heavy (non-hydrogen) atoms. The van der Waals surface area contributed by atoms with Crippen molar-refractivity contribution in [3.63, 3.8) is 0 Å². The second kappa shape index (κ2) is 8.26. The van der Waals surface area contributed by atoms with E-state index in [0.717, 1.165) is 36.7 Å². The predicted octanol–water partition coefficient (Wildman–Crippen LogP) is 3.90. The summed E-state index contributed by atoms with van der Waals surface area (Å²) in [6, 6.07) is 6.51. The summed E-state index contributed by atoms with van der Waals surface area (Å²) >= 11 is 0. The maximum Gasteiger partial charge on any atom is 0.450 e. The van der Waals surface area contributed by atoms with E-state index < -0.39 is 35.1 Å². The summed E-state index contributed by atoms with van der Waals surface area (Å²) in [5.41, 5.74) is -0.993. The zero-order valence-electron chi connectivity index (χ0n) is 16.1. The van der Waals surface area contributed by atoms with Gasteiger partial charge in [0.15, 0.2) is 11.6 Å². The number of halogens is 5. The van der Waals surface area contributed by atoms with Gasteiger partial charge in [-0.15, -0.1) is 0 Å². The number of benzene rings is 2. The van der Waals surface area contributed by atoms with Crippen LogP contribution < -0.4 is 10.1 Å². The number of alkyl halides is 3. The number of carbonyl (C=O) groups excluding carboxylic acids is 2. The first-order chi connectivity index (χ1) is 15.7. The number of hydrogen-bond acceptors (Lipinski definition) is 6. The fourth-order valence-corrected chi connectivity index (χ4v) is 3.01. The maximum absolute atomic E-state index is 13.8. The molecule has 0 fully saturated rings. The monoisotopic (exact) mass is 463 g/mol. The molecule has 2 aromatic heterocycles. The molecule has 168 valence electrons. The molecule has 2 heterocycles. The van der Waals surface area contributed by atoms with E-state index in [1.165, 1.54) is 12.1 Å². The van der Waals surface area contributed by atoms with Gasteiger partial charge in [-0.3, -0.25) is 14.2 Å². The number of rotatable bonds is 5. The lowest BCUT2D eigenvalue weighted by Gasteiger charge is -2.11. The Bertz CT molecular complexity index is 1350. The Balaban J connectivity index is 1.70. The van der Waals surface area contributed by atoms with Crippen molar-refractivity contribution in [3.8, 4) is 11.6 Å². The molecule has 0 aliphatic heterocycles. The van der Waals surface area contributed by atoms with Gasteiger partial charge in [0, 0.05) is 6.07 Å². The normalized spacial score (nSPS) is 11.4. The number of anilines is 1. The number of carbonyl (C=O) groups is 2. The number of fused-ring (bicyclic) bond motifs is 1. The van der Waals surface area contributed by atoms with Crippen LogP contribution in [-0.4, -0.2) is 31.9 Å². The van der Waals surface area contributed by atoms with Gasteiger partial charge in [0.05, 0.1) is 23.4 Å². The van der Waals surface area contributed by atoms with Crippen LogP contribution in [0.1, 0.15) is 16.2 Å². The first-order valence-electron chi connectivity index (χ1n) is 8.97. The van der Waals surface area contributed by atoms with Gasteiger partial charge < -0.3 is 10.1 Å². The SMILES string of the molecule is O=COc1ccc2c(c1)nc(C(F)(F)F)n2-c1cnc(NC(=O)c2c(F)cccc2F)cn1. The molecule has 0 atom stereocenters. The first-order valence-corrected chi connectivity index (χ1v) is 8.97. The van der Waals surface area contributed by atoms with E-state index in [-0.39, 0.29) is 34.9 Å². The van der Waals surface area contributed by atoms with Crippen molar-refractivity contribution in [2.45, 2.75) is 6.18 Å². The van der Waals surface area contributed by atoms with Crippen molar-refractivity contribution < 1.29 is 36.3 Å². The second-order valence-corrected chi connectivity index (χ2v) is 6.44. The Morgan fingerprint density at radius 1 is 1.06 bits per heavy atom. The maximum atomic E-state index is 13.8. The lowest BCUT2D eigenvalue weighted by atomic mass is 10.2. The van der Waals surface area contributed by atoms with Crippen molar-refractivity contribution in [2.75, 3.05) is 5.32 Å². The number of nitrogens with zero attached hydrogens (tertiary/aromatic N) is 4. The molecular formula is C20H10F5N5O3. The predicted molar refractivity (Wildman–Crippen MR) is 103 cm³/mol. The van der Waals surface area contributed by atoms with Crippen molar-refractivity contribution >= 4 is 29.2 Å². The standard InChI is InChI=1S/C20H10F5N5O3/c21-11-2-1-3-12(22)17(11)18(32)29-15-7-27-16(8-26-15)30-14-5-4-10(33-9-31)6-13(14)28-19(30)20(23,24)25/h1-9H,(H,26,29,32). The van der Waals surface area contributed by atoms with Crippen LogP contribution in [0.3, 0.4) is 0 Å². The minimum atomic E-state index is -4.87. The summed E-state index contributed by atoms with van der Waals surface area (Å²) in [5, 5.41) is 2.13. The first kappa shape index (κ1) is 21.8. The van der Waals surface area contributed by atoms with Crippen LogP contribution >= 0.6 is 0 Å². The van der Waals surface area contributed by atoms with Gasteiger partial charge in [0.2, 0.25) is 5.82 Å². The molecule has 4 aromatic rings. The smallest absolute Gasteiger partial charge is 0.429 e. The van der Waals surface area contributed by atoms with E-state index in [4.69, 9.17) is 0 Å². The number of imidazole rings is 1. The van der Waals surface area contributed by atoms with Gasteiger partial charge in [-0.1, -0.05) is 6.07 Å². The number of nitrogens with one attached hydrogen (secondary N) is 1. The van der Waals surface area contributed by atoms with Crippen LogP contribution in [0.4, 0.5) is 27.8 Å². The number of amides is 1. The van der Waals surface area contributed by atoms with Crippen molar-refractivity contribution in [1.29, 1.82) is 0 Å². The van der Waals surface area contributed by atoms with Crippen molar-refractivity contribution in [2.24, 2.45) is 0 Å². The molecule has 0 aliphatic carbocycles. The molecule has 0 aliphatic rings. The fourth-order valence-electron chi connectivity index (χ4n) is 3.01. The summed E-state index contributed by atoms with van der Waals surface area (Å²) < 4.78 is 73.6. The van der Waals surface area contributed by atoms with Gasteiger partial charge >= 0.3 is 6.18 Å². The van der Waals surface area contributed by atoms with Crippen molar-refractivity contribution in [3.05, 3.63) is 71.8 Å². The van der Waals surface area contributed by atoms with E-state index in [1.807, 2.05) is 0 Å². The number of ether oxygens (including phenoxy) is 1.